The predicted octanol–water partition coefficient (Wildman–Crippen LogP) is 11.2. The lowest BCUT2D eigenvalue weighted by Gasteiger charge is -2.18. The van der Waals surface area contributed by atoms with Crippen LogP contribution in [0.4, 0.5) is 17.1 Å². The minimum Gasteiger partial charge on any atom is -0.378 e. The van der Waals surface area contributed by atoms with Crippen LogP contribution in [0.1, 0.15) is 19.3 Å². The van der Waals surface area contributed by atoms with Crippen molar-refractivity contribution in [3.63, 3.8) is 0 Å². The Hall–Kier alpha value is -6.90. The van der Waals surface area contributed by atoms with Gasteiger partial charge in [0, 0.05) is 34.1 Å². The van der Waals surface area contributed by atoms with E-state index in [4.69, 9.17) is 50.9 Å². The fourth-order valence-corrected chi connectivity index (χ4v) is 9.81. The van der Waals surface area contributed by atoms with Crippen LogP contribution in [-0.2, 0) is 28.6 Å². The number of anilines is 3. The molecule has 18 heteroatoms. The lowest BCUT2D eigenvalue weighted by atomic mass is 10.2. The highest BCUT2D eigenvalue weighted by atomic mass is 32.1. The molecule has 0 aliphatic heterocycles. The smallest absolute Gasteiger partial charge is 0.226 e. The average molecular weight is 995 g/mol. The second kappa shape index (κ2) is 22.0. The minimum atomic E-state index is -0.602. The Morgan fingerprint density at radius 3 is 1.38 bits per heavy atom. The first kappa shape index (κ1) is 47.2. The lowest BCUT2D eigenvalue weighted by molar-refractivity contribution is -0.121. The molecule has 0 spiro atoms. The molecule has 3 heterocycles. The van der Waals surface area contributed by atoms with Gasteiger partial charge in [-0.05, 0) is 128 Å². The molecule has 1 unspecified atom stereocenters. The Kier molecular flexibility index (Phi) is 15.1. The van der Waals surface area contributed by atoms with Gasteiger partial charge in [-0.15, -0.1) is 11.3 Å². The van der Waals surface area contributed by atoms with E-state index in [1.807, 2.05) is 159 Å². The number of imidazole rings is 2. The van der Waals surface area contributed by atoms with Crippen molar-refractivity contribution in [1.82, 2.24) is 23.7 Å². The summed E-state index contributed by atoms with van der Waals surface area (Å²) in [6.07, 6.45) is -0.398. The SMILES string of the molecule is O=C(CCOCC(COCCC(=O)Nc1ccc2sc(=S)n(-c3ccccc3)c2c1)OCCC(=O)Nc1ccc2[nH]c(=S)n(-c3ccccc3)c2c1)Nc1ccc2[nH]c(=S)n(-c3ccccc3)c2c1. The summed E-state index contributed by atoms with van der Waals surface area (Å²) in [4.78, 5) is 45.8. The van der Waals surface area contributed by atoms with Gasteiger partial charge in [-0.25, -0.2) is 0 Å². The summed E-state index contributed by atoms with van der Waals surface area (Å²) in [7, 11) is 0. The molecule has 0 saturated heterocycles. The van der Waals surface area contributed by atoms with Gasteiger partial charge in [0.1, 0.15) is 6.10 Å². The van der Waals surface area contributed by atoms with Crippen molar-refractivity contribution in [2.24, 2.45) is 0 Å². The molecule has 9 rings (SSSR count). The highest BCUT2D eigenvalue weighted by Crippen LogP contribution is 2.30. The highest BCUT2D eigenvalue weighted by Gasteiger charge is 2.16. The second-order valence-corrected chi connectivity index (χ2v) is 18.4. The van der Waals surface area contributed by atoms with Gasteiger partial charge in [-0.1, -0.05) is 54.6 Å². The Labute approximate surface area is 415 Å². The molecule has 0 radical (unpaired) electrons. The summed E-state index contributed by atoms with van der Waals surface area (Å²) in [6.45, 7) is 0.428. The van der Waals surface area contributed by atoms with Crippen molar-refractivity contribution in [3.8, 4) is 17.1 Å². The van der Waals surface area contributed by atoms with Gasteiger partial charge in [0.2, 0.25) is 17.7 Å². The molecule has 69 heavy (non-hydrogen) atoms. The third-order valence-corrected chi connectivity index (χ3v) is 13.0. The molecule has 350 valence electrons. The van der Waals surface area contributed by atoms with Gasteiger partial charge < -0.3 is 40.1 Å². The topological polar surface area (TPSA) is 161 Å². The number of carbonyl (C=O) groups is 3. The molecule has 0 bridgehead atoms. The van der Waals surface area contributed by atoms with E-state index in [0.29, 0.717) is 30.6 Å². The monoisotopic (exact) mass is 994 g/mol. The van der Waals surface area contributed by atoms with Crippen LogP contribution in [0.15, 0.2) is 146 Å². The number of aromatic nitrogens is 5. The first-order valence-corrected chi connectivity index (χ1v) is 24.2. The number of fused-ring (bicyclic) bond motifs is 3. The fourth-order valence-electron chi connectivity index (χ4n) is 7.84. The molecule has 0 saturated carbocycles. The molecular formula is C51H46N8O6S4. The molecular weight excluding hydrogens is 949 g/mol. The maximum Gasteiger partial charge on any atom is 0.226 e. The number of para-hydroxylation sites is 3. The molecule has 5 N–H and O–H groups in total. The Morgan fingerprint density at radius 2 is 0.913 bits per heavy atom. The van der Waals surface area contributed by atoms with Crippen LogP contribution in [0.25, 0.3) is 49.3 Å². The largest absolute Gasteiger partial charge is 0.378 e. The first-order chi connectivity index (χ1) is 33.7. The quantitative estimate of drug-likeness (QED) is 0.0370. The van der Waals surface area contributed by atoms with E-state index < -0.39 is 6.10 Å². The molecule has 0 aliphatic rings. The molecule has 3 amide bonds. The van der Waals surface area contributed by atoms with E-state index in [1.165, 1.54) is 11.3 Å². The van der Waals surface area contributed by atoms with Gasteiger partial charge in [-0.2, -0.15) is 0 Å². The van der Waals surface area contributed by atoms with Crippen LogP contribution < -0.4 is 16.0 Å². The zero-order chi connectivity index (χ0) is 47.7. The molecule has 14 nitrogen and oxygen atoms in total. The molecule has 0 fully saturated rings. The van der Waals surface area contributed by atoms with Crippen LogP contribution in [0.5, 0.6) is 0 Å². The molecule has 6 aromatic carbocycles. The van der Waals surface area contributed by atoms with E-state index >= 15 is 0 Å². The third kappa shape index (κ3) is 11.5. The third-order valence-electron chi connectivity index (χ3n) is 11.1. The van der Waals surface area contributed by atoms with Crippen LogP contribution in [0.3, 0.4) is 0 Å². The number of thiazole rings is 1. The number of ether oxygens (including phenoxy) is 3. The van der Waals surface area contributed by atoms with Gasteiger partial charge >= 0.3 is 0 Å². The second-order valence-electron chi connectivity index (χ2n) is 15.9. The van der Waals surface area contributed by atoms with Crippen molar-refractivity contribution in [1.29, 1.82) is 0 Å². The summed E-state index contributed by atoms with van der Waals surface area (Å²) in [5, 5.41) is 8.89. The maximum absolute atomic E-state index is 13.2. The zero-order valence-corrected chi connectivity index (χ0v) is 40.3. The van der Waals surface area contributed by atoms with Crippen molar-refractivity contribution in [2.75, 3.05) is 49.0 Å². The highest BCUT2D eigenvalue weighted by molar-refractivity contribution is 7.73. The number of carbonyl (C=O) groups excluding carboxylic acids is 3. The summed E-state index contributed by atoms with van der Waals surface area (Å²) >= 11 is 18.4. The van der Waals surface area contributed by atoms with Gasteiger partial charge in [0.25, 0.3) is 0 Å². The van der Waals surface area contributed by atoms with Gasteiger partial charge in [0.15, 0.2) is 13.5 Å². The van der Waals surface area contributed by atoms with Crippen LogP contribution >= 0.6 is 48.0 Å². The number of hydrogen-bond donors (Lipinski definition) is 5. The van der Waals surface area contributed by atoms with E-state index in [-0.39, 0.29) is 70.0 Å². The first-order valence-electron chi connectivity index (χ1n) is 22.1. The number of hydrogen-bond acceptors (Lipinski definition) is 10. The lowest BCUT2D eigenvalue weighted by Crippen LogP contribution is -2.29. The minimum absolute atomic E-state index is 0.0475. The molecule has 0 aliphatic carbocycles. The number of H-pyrrole nitrogens is 2. The maximum atomic E-state index is 13.2. The van der Waals surface area contributed by atoms with E-state index in [2.05, 4.69) is 25.9 Å². The van der Waals surface area contributed by atoms with Crippen LogP contribution in [0, 0.1) is 13.5 Å². The zero-order valence-electron chi connectivity index (χ0n) is 37.0. The van der Waals surface area contributed by atoms with E-state index in [1.54, 1.807) is 0 Å². The summed E-state index contributed by atoms with van der Waals surface area (Å²) in [5.74, 6) is -0.713. The van der Waals surface area contributed by atoms with E-state index in [9.17, 15) is 14.4 Å². The average Bonchev–Trinajstić information content (AvgIpc) is 3.99. The van der Waals surface area contributed by atoms with Crippen molar-refractivity contribution in [2.45, 2.75) is 25.4 Å². The number of nitrogens with one attached hydrogen (secondary N) is 5. The summed E-state index contributed by atoms with van der Waals surface area (Å²) in [6, 6.07) is 46.2. The van der Waals surface area contributed by atoms with Crippen molar-refractivity contribution < 1.29 is 28.6 Å². The number of nitrogens with zero attached hydrogens (tertiary/aromatic N) is 3. The summed E-state index contributed by atoms with van der Waals surface area (Å²) in [5.41, 5.74) is 8.86. The molecule has 9 aromatic rings. The standard InChI is InChI=1S/C51H46N8O6S4/c60-46(52-33-16-19-40-42(28-33)57(49(66)55-40)36-10-4-1-5-11-36)22-25-63-31-39(65-27-24-48(62)53-34-17-20-41-43(29-34)58(50(67)56-41)37-12-6-2-7-13-37)32-64-26-23-47(61)54-35-18-21-45-44(30-35)59(51(68)69-45)38-14-8-3-9-15-38/h1-21,28-30,39H,22-27,31-32H2,(H,52,60)(H,53,62)(H,54,61)(H,55,66)(H,56,67). The number of rotatable bonds is 20. The van der Waals surface area contributed by atoms with Gasteiger partial charge in [-0.3, -0.25) is 28.1 Å². The van der Waals surface area contributed by atoms with Gasteiger partial charge in [0.05, 0.1) is 84.6 Å². The fraction of sp³-hybridized carbons (Fsp3) is 0.176. The Morgan fingerprint density at radius 1 is 0.507 bits per heavy atom. The van der Waals surface area contributed by atoms with Crippen molar-refractivity contribution >= 4 is 115 Å². The molecule has 3 aromatic heterocycles. The summed E-state index contributed by atoms with van der Waals surface area (Å²) < 4.78 is 26.7. The van der Waals surface area contributed by atoms with E-state index in [0.717, 1.165) is 49.3 Å². The Balaban J connectivity index is 0.792. The number of aromatic amines is 2. The number of benzene rings is 6. The van der Waals surface area contributed by atoms with Crippen molar-refractivity contribution in [3.05, 3.63) is 159 Å². The Bertz CT molecular complexity index is 3300. The normalized spacial score (nSPS) is 11.8. The predicted molar refractivity (Wildman–Crippen MR) is 280 cm³/mol. The number of amides is 3. The van der Waals surface area contributed by atoms with Crippen LogP contribution in [-0.4, -0.2) is 80.5 Å². The molecule has 1 atom stereocenters. The van der Waals surface area contributed by atoms with Crippen LogP contribution in [0.2, 0.25) is 0 Å².